The van der Waals surface area contributed by atoms with Gasteiger partial charge in [0.1, 0.15) is 6.04 Å². The van der Waals surface area contributed by atoms with Crippen molar-refractivity contribution >= 4 is 29.3 Å². The number of piperidine rings is 1. The monoisotopic (exact) mass is 368 g/mol. The fraction of sp³-hybridized carbons (Fsp3) is 0.474. The van der Waals surface area contributed by atoms with Crippen LogP contribution in [0.5, 0.6) is 0 Å². The van der Waals surface area contributed by atoms with E-state index < -0.39 is 23.8 Å². The quantitative estimate of drug-likeness (QED) is 0.654. The van der Waals surface area contributed by atoms with Crippen molar-refractivity contribution in [2.24, 2.45) is 11.8 Å². The highest BCUT2D eigenvalue weighted by atomic mass is 16.2. The maximum absolute atomic E-state index is 12.8. The minimum atomic E-state index is -0.927. The Balaban J connectivity index is 1.36. The lowest BCUT2D eigenvalue weighted by molar-refractivity contribution is -0.136. The van der Waals surface area contributed by atoms with Gasteiger partial charge < -0.3 is 10.6 Å². The summed E-state index contributed by atoms with van der Waals surface area (Å²) in [7, 11) is 0. The first-order valence-electron chi connectivity index (χ1n) is 9.36. The van der Waals surface area contributed by atoms with Crippen LogP contribution in [0.1, 0.15) is 40.0 Å². The van der Waals surface area contributed by atoms with Crippen LogP contribution in [-0.4, -0.2) is 53.7 Å². The van der Waals surface area contributed by atoms with E-state index in [-0.39, 0.29) is 18.7 Å². The Morgan fingerprint density at radius 2 is 1.85 bits per heavy atom. The van der Waals surface area contributed by atoms with Crippen LogP contribution in [0.15, 0.2) is 18.2 Å². The number of hydrogen-bond acceptors (Lipinski definition) is 6. The standard InChI is InChI=1S/C19H20N4O4/c24-16-4-3-15(17(25)22-16)23-18(26)11-2-1-10(6-12(11)19(23)27)21-14-5-9-7-20-8-13(9)14/h1-2,6,9,13-15,20-21H,3-5,7-8H2,(H,22,24,25). The lowest BCUT2D eigenvalue weighted by Gasteiger charge is -2.40. The van der Waals surface area contributed by atoms with Gasteiger partial charge in [-0.05, 0) is 49.4 Å². The Labute approximate surface area is 155 Å². The lowest BCUT2D eigenvalue weighted by atomic mass is 9.71. The number of carbonyl (C=O) groups is 4. The molecule has 4 unspecified atom stereocenters. The molecule has 3 N–H and O–H groups in total. The third-order valence-electron chi connectivity index (χ3n) is 6.26. The molecule has 3 fully saturated rings. The second-order valence-electron chi connectivity index (χ2n) is 7.78. The molecule has 0 radical (unpaired) electrons. The van der Waals surface area contributed by atoms with E-state index >= 15 is 0 Å². The first kappa shape index (κ1) is 16.4. The highest BCUT2D eigenvalue weighted by Gasteiger charge is 2.46. The largest absolute Gasteiger partial charge is 0.382 e. The molecule has 1 aromatic rings. The molecule has 4 amide bonds. The van der Waals surface area contributed by atoms with Crippen molar-refractivity contribution in [1.29, 1.82) is 0 Å². The van der Waals surface area contributed by atoms with E-state index in [1.807, 2.05) is 6.07 Å². The zero-order valence-corrected chi connectivity index (χ0v) is 14.7. The van der Waals surface area contributed by atoms with Crippen LogP contribution in [0.3, 0.4) is 0 Å². The second kappa shape index (κ2) is 5.88. The number of carbonyl (C=O) groups excluding carboxylic acids is 4. The Bertz CT molecular complexity index is 882. The molecule has 0 aromatic heterocycles. The number of hydrogen-bond donors (Lipinski definition) is 3. The van der Waals surface area contributed by atoms with Gasteiger partial charge in [-0.1, -0.05) is 0 Å². The molecule has 1 saturated carbocycles. The first-order valence-corrected chi connectivity index (χ1v) is 9.36. The van der Waals surface area contributed by atoms with Crippen LogP contribution in [0.25, 0.3) is 0 Å². The lowest BCUT2D eigenvalue weighted by Crippen LogP contribution is -2.54. The van der Waals surface area contributed by atoms with Gasteiger partial charge in [0, 0.05) is 24.7 Å². The Morgan fingerprint density at radius 1 is 1.04 bits per heavy atom. The van der Waals surface area contributed by atoms with E-state index in [1.165, 1.54) is 0 Å². The summed E-state index contributed by atoms with van der Waals surface area (Å²) < 4.78 is 0. The van der Waals surface area contributed by atoms with E-state index in [2.05, 4.69) is 16.0 Å². The molecular weight excluding hydrogens is 348 g/mol. The van der Waals surface area contributed by atoms with E-state index in [1.54, 1.807) is 12.1 Å². The number of imide groups is 2. The van der Waals surface area contributed by atoms with Gasteiger partial charge in [-0.15, -0.1) is 0 Å². The number of nitrogens with zero attached hydrogens (tertiary/aromatic N) is 1. The second-order valence-corrected chi connectivity index (χ2v) is 7.78. The van der Waals surface area contributed by atoms with E-state index in [0.717, 1.165) is 36.0 Å². The third-order valence-corrected chi connectivity index (χ3v) is 6.26. The molecule has 8 heteroatoms. The molecule has 4 atom stereocenters. The number of fused-ring (bicyclic) bond motifs is 2. The van der Waals surface area contributed by atoms with Crippen LogP contribution in [0, 0.1) is 11.8 Å². The first-order chi connectivity index (χ1) is 13.0. The highest BCUT2D eigenvalue weighted by molar-refractivity contribution is 6.23. The molecule has 140 valence electrons. The summed E-state index contributed by atoms with van der Waals surface area (Å²) in [6, 6.07) is 4.61. The summed E-state index contributed by atoms with van der Waals surface area (Å²) >= 11 is 0. The molecule has 5 rings (SSSR count). The van der Waals surface area contributed by atoms with Gasteiger partial charge in [-0.25, -0.2) is 0 Å². The number of benzene rings is 1. The molecule has 27 heavy (non-hydrogen) atoms. The van der Waals surface area contributed by atoms with Gasteiger partial charge in [0.05, 0.1) is 11.1 Å². The van der Waals surface area contributed by atoms with Crippen molar-refractivity contribution in [3.05, 3.63) is 29.3 Å². The fourth-order valence-electron chi connectivity index (χ4n) is 4.73. The average Bonchev–Trinajstić information content (AvgIpc) is 3.12. The maximum Gasteiger partial charge on any atom is 0.262 e. The van der Waals surface area contributed by atoms with Crippen molar-refractivity contribution in [3.63, 3.8) is 0 Å². The van der Waals surface area contributed by atoms with Gasteiger partial charge in [0.2, 0.25) is 11.8 Å². The number of amides is 4. The zero-order chi connectivity index (χ0) is 18.7. The normalized spacial score (nSPS) is 32.1. The molecule has 1 aromatic carbocycles. The summed E-state index contributed by atoms with van der Waals surface area (Å²) in [5, 5.41) is 9.08. The minimum Gasteiger partial charge on any atom is -0.382 e. The van der Waals surface area contributed by atoms with Crippen molar-refractivity contribution in [1.82, 2.24) is 15.5 Å². The number of nitrogens with one attached hydrogen (secondary N) is 3. The summed E-state index contributed by atoms with van der Waals surface area (Å²) in [4.78, 5) is 50.0. The van der Waals surface area contributed by atoms with E-state index in [4.69, 9.17) is 0 Å². The van der Waals surface area contributed by atoms with Crippen LogP contribution in [0.4, 0.5) is 5.69 Å². The smallest absolute Gasteiger partial charge is 0.262 e. The molecule has 8 nitrogen and oxygen atoms in total. The Morgan fingerprint density at radius 3 is 2.63 bits per heavy atom. The van der Waals surface area contributed by atoms with Gasteiger partial charge in [0.15, 0.2) is 0 Å². The van der Waals surface area contributed by atoms with Gasteiger partial charge in [-0.2, -0.15) is 0 Å². The van der Waals surface area contributed by atoms with Crippen molar-refractivity contribution < 1.29 is 19.2 Å². The SMILES string of the molecule is O=C1CCC(N2C(=O)c3ccc(NC4CC5CNCC54)cc3C2=O)C(=O)N1. The maximum atomic E-state index is 12.8. The summed E-state index contributed by atoms with van der Waals surface area (Å²) in [6.07, 6.45) is 1.39. The van der Waals surface area contributed by atoms with Gasteiger partial charge >= 0.3 is 0 Å². The molecule has 0 bridgehead atoms. The molecule has 2 saturated heterocycles. The molecule has 3 aliphatic heterocycles. The molecule has 0 spiro atoms. The van der Waals surface area contributed by atoms with Crippen LogP contribution < -0.4 is 16.0 Å². The molecular formula is C19H20N4O4. The number of anilines is 1. The molecule has 4 aliphatic rings. The summed E-state index contributed by atoms with van der Waals surface area (Å²) in [5.41, 5.74) is 1.44. The molecule has 3 heterocycles. The zero-order valence-electron chi connectivity index (χ0n) is 14.7. The Kier molecular flexibility index (Phi) is 3.58. The van der Waals surface area contributed by atoms with Crippen LogP contribution >= 0.6 is 0 Å². The van der Waals surface area contributed by atoms with Gasteiger partial charge in [0.25, 0.3) is 11.8 Å². The highest BCUT2D eigenvalue weighted by Crippen LogP contribution is 2.39. The van der Waals surface area contributed by atoms with E-state index in [0.29, 0.717) is 23.1 Å². The predicted molar refractivity (Wildman–Crippen MR) is 95.0 cm³/mol. The fourth-order valence-corrected chi connectivity index (χ4v) is 4.73. The van der Waals surface area contributed by atoms with Crippen molar-refractivity contribution in [3.8, 4) is 0 Å². The van der Waals surface area contributed by atoms with E-state index in [9.17, 15) is 19.2 Å². The van der Waals surface area contributed by atoms with Crippen LogP contribution in [0.2, 0.25) is 0 Å². The number of rotatable bonds is 3. The van der Waals surface area contributed by atoms with Crippen molar-refractivity contribution in [2.75, 3.05) is 18.4 Å². The minimum absolute atomic E-state index is 0.120. The topological polar surface area (TPSA) is 108 Å². The van der Waals surface area contributed by atoms with Crippen molar-refractivity contribution in [2.45, 2.75) is 31.3 Å². The van der Waals surface area contributed by atoms with Crippen LogP contribution in [-0.2, 0) is 9.59 Å². The summed E-state index contributed by atoms with van der Waals surface area (Å²) in [6.45, 7) is 2.08. The predicted octanol–water partition coefficient (Wildman–Crippen LogP) is 0.108. The summed E-state index contributed by atoms with van der Waals surface area (Å²) in [5.74, 6) is -0.575. The van der Waals surface area contributed by atoms with Gasteiger partial charge in [-0.3, -0.25) is 29.4 Å². The Hall–Kier alpha value is -2.74. The third kappa shape index (κ3) is 2.47. The molecule has 1 aliphatic carbocycles. The average molecular weight is 368 g/mol.